The summed E-state index contributed by atoms with van der Waals surface area (Å²) in [7, 11) is 4.79. The summed E-state index contributed by atoms with van der Waals surface area (Å²) in [6, 6.07) is 6.81. The molecule has 1 unspecified atom stereocenters. The second-order valence-electron chi connectivity index (χ2n) is 6.76. The molecule has 2 aliphatic heterocycles. The van der Waals surface area contributed by atoms with Gasteiger partial charge in [0.25, 0.3) is 0 Å². The van der Waals surface area contributed by atoms with E-state index in [2.05, 4.69) is 4.90 Å². The van der Waals surface area contributed by atoms with E-state index in [1.165, 1.54) is 0 Å². The minimum atomic E-state index is -0.303. The Morgan fingerprint density at radius 3 is 2.10 bits per heavy atom. The monoisotopic (exact) mass is 403 g/mol. The molecule has 0 amide bonds. The molecular weight excluding hydrogens is 378 g/mol. The van der Waals surface area contributed by atoms with Crippen LogP contribution in [0.25, 0.3) is 0 Å². The summed E-state index contributed by atoms with van der Waals surface area (Å²) < 4.78 is 33.1. The fourth-order valence-corrected chi connectivity index (χ4v) is 3.83. The Labute approximate surface area is 169 Å². The third kappa shape index (κ3) is 3.61. The van der Waals surface area contributed by atoms with Gasteiger partial charge in [0.1, 0.15) is 11.5 Å². The number of methoxy groups -OCH3 is 3. The van der Waals surface area contributed by atoms with Gasteiger partial charge in [0.15, 0.2) is 23.0 Å². The molecule has 29 heavy (non-hydrogen) atoms. The summed E-state index contributed by atoms with van der Waals surface area (Å²) in [6.45, 7) is 2.76. The first-order valence-corrected chi connectivity index (χ1v) is 9.40. The number of phenols is 1. The van der Waals surface area contributed by atoms with Gasteiger partial charge in [-0.1, -0.05) is 0 Å². The second kappa shape index (κ2) is 8.26. The predicted octanol–water partition coefficient (Wildman–Crippen LogP) is 2.57. The van der Waals surface area contributed by atoms with E-state index in [4.69, 9.17) is 28.4 Å². The fourth-order valence-electron chi connectivity index (χ4n) is 3.83. The number of aromatic hydroxyl groups is 1. The van der Waals surface area contributed by atoms with Gasteiger partial charge in [-0.15, -0.1) is 0 Å². The first kappa shape index (κ1) is 19.5. The molecule has 2 aromatic carbocycles. The molecular formula is C21H25NO7. The van der Waals surface area contributed by atoms with E-state index in [0.29, 0.717) is 60.6 Å². The molecule has 0 saturated carbocycles. The van der Waals surface area contributed by atoms with E-state index < -0.39 is 0 Å². The van der Waals surface area contributed by atoms with Crippen molar-refractivity contribution >= 4 is 0 Å². The van der Waals surface area contributed by atoms with E-state index in [9.17, 15) is 5.11 Å². The number of ether oxygens (including phenoxy) is 6. The zero-order valence-corrected chi connectivity index (χ0v) is 16.8. The summed E-state index contributed by atoms with van der Waals surface area (Å²) in [4.78, 5) is 2.24. The molecule has 1 N–H and O–H groups in total. The first-order valence-electron chi connectivity index (χ1n) is 9.40. The molecule has 0 radical (unpaired) electrons. The average molecular weight is 403 g/mol. The Morgan fingerprint density at radius 1 is 0.828 bits per heavy atom. The van der Waals surface area contributed by atoms with Crippen molar-refractivity contribution < 1.29 is 33.5 Å². The van der Waals surface area contributed by atoms with Crippen molar-refractivity contribution in [3.63, 3.8) is 0 Å². The molecule has 1 saturated heterocycles. The number of hydrogen-bond donors (Lipinski definition) is 1. The highest BCUT2D eigenvalue weighted by molar-refractivity contribution is 5.58. The zero-order valence-electron chi connectivity index (χ0n) is 16.8. The van der Waals surface area contributed by atoms with Crippen LogP contribution in [0.3, 0.4) is 0 Å². The fraction of sp³-hybridized carbons (Fsp3) is 0.429. The van der Waals surface area contributed by atoms with Gasteiger partial charge in [-0.05, 0) is 12.1 Å². The van der Waals surface area contributed by atoms with Gasteiger partial charge < -0.3 is 33.5 Å². The normalized spacial score (nSPS) is 17.1. The molecule has 0 aliphatic carbocycles. The summed E-state index contributed by atoms with van der Waals surface area (Å²) in [5, 5.41) is 10.8. The lowest BCUT2D eigenvalue weighted by Gasteiger charge is -2.36. The largest absolute Gasteiger partial charge is 0.507 e. The zero-order chi connectivity index (χ0) is 20.4. The van der Waals surface area contributed by atoms with Crippen molar-refractivity contribution in [1.82, 2.24) is 4.90 Å². The van der Waals surface area contributed by atoms with Crippen LogP contribution in [0.2, 0.25) is 0 Å². The Balaban J connectivity index is 1.88. The van der Waals surface area contributed by atoms with E-state index in [1.54, 1.807) is 33.5 Å². The van der Waals surface area contributed by atoms with Crippen molar-refractivity contribution in [3.05, 3.63) is 35.4 Å². The van der Waals surface area contributed by atoms with Crippen molar-refractivity contribution in [2.75, 3.05) is 54.4 Å². The number of morpholine rings is 1. The maximum Gasteiger partial charge on any atom is 0.231 e. The average Bonchev–Trinajstić information content (AvgIpc) is 3.21. The van der Waals surface area contributed by atoms with Gasteiger partial charge in [0.2, 0.25) is 6.79 Å². The van der Waals surface area contributed by atoms with E-state index in [0.717, 1.165) is 5.56 Å². The lowest BCUT2D eigenvalue weighted by atomic mass is 9.94. The number of phenolic OH excluding ortho intramolecular Hbond substituents is 1. The van der Waals surface area contributed by atoms with Crippen LogP contribution in [0.15, 0.2) is 24.3 Å². The summed E-state index contributed by atoms with van der Waals surface area (Å²) in [6.07, 6.45) is 0. The molecule has 1 atom stereocenters. The number of benzene rings is 2. The van der Waals surface area contributed by atoms with E-state index in [-0.39, 0.29) is 18.6 Å². The van der Waals surface area contributed by atoms with Crippen LogP contribution in [0.4, 0.5) is 0 Å². The van der Waals surface area contributed by atoms with Crippen LogP contribution in [0.5, 0.6) is 34.5 Å². The summed E-state index contributed by atoms with van der Waals surface area (Å²) in [5.74, 6) is 3.06. The number of rotatable bonds is 6. The highest BCUT2D eigenvalue weighted by atomic mass is 16.7. The molecule has 0 spiro atoms. The predicted molar refractivity (Wildman–Crippen MR) is 105 cm³/mol. The Bertz CT molecular complexity index is 880. The highest BCUT2D eigenvalue weighted by Crippen LogP contribution is 2.47. The molecule has 8 heteroatoms. The molecule has 1 fully saturated rings. The second-order valence-corrected chi connectivity index (χ2v) is 6.76. The highest BCUT2D eigenvalue weighted by Gasteiger charge is 2.32. The van der Waals surface area contributed by atoms with Crippen LogP contribution >= 0.6 is 0 Å². The maximum atomic E-state index is 10.8. The molecule has 4 rings (SSSR count). The van der Waals surface area contributed by atoms with Gasteiger partial charge in [-0.2, -0.15) is 0 Å². The van der Waals surface area contributed by atoms with Gasteiger partial charge in [0.05, 0.1) is 40.6 Å². The van der Waals surface area contributed by atoms with Crippen LogP contribution in [-0.2, 0) is 4.74 Å². The maximum absolute atomic E-state index is 10.8. The Morgan fingerprint density at radius 2 is 1.45 bits per heavy atom. The van der Waals surface area contributed by atoms with E-state index in [1.807, 2.05) is 12.1 Å². The molecule has 156 valence electrons. The molecule has 2 aliphatic rings. The molecule has 2 heterocycles. The summed E-state index contributed by atoms with van der Waals surface area (Å²) >= 11 is 0. The van der Waals surface area contributed by atoms with Gasteiger partial charge in [-0.3, -0.25) is 4.90 Å². The lowest BCUT2D eigenvalue weighted by Crippen LogP contribution is -2.39. The van der Waals surface area contributed by atoms with Gasteiger partial charge >= 0.3 is 0 Å². The van der Waals surface area contributed by atoms with E-state index >= 15 is 0 Å². The number of hydrogen-bond acceptors (Lipinski definition) is 8. The van der Waals surface area contributed by atoms with Crippen molar-refractivity contribution in [1.29, 1.82) is 0 Å². The standard InChI is InChI=1S/C21H25NO7/c1-24-16-11-18(26-3)17(25-2)9-14(16)21(22-4-6-27-7-5-22)13-8-19-20(10-15(13)23)29-12-28-19/h8-11,21,23H,4-7,12H2,1-3H3. The summed E-state index contributed by atoms with van der Waals surface area (Å²) in [5.41, 5.74) is 1.54. The number of nitrogens with zero attached hydrogens (tertiary/aromatic N) is 1. The Kier molecular flexibility index (Phi) is 5.55. The van der Waals surface area contributed by atoms with Crippen molar-refractivity contribution in [2.45, 2.75) is 6.04 Å². The number of fused-ring (bicyclic) bond motifs is 1. The SMILES string of the molecule is COc1cc(OC)c(C(c2cc3c(cc2O)OCO3)N2CCOCC2)cc1OC. The molecule has 2 aromatic rings. The van der Waals surface area contributed by atoms with Crippen LogP contribution in [-0.4, -0.2) is 64.4 Å². The lowest BCUT2D eigenvalue weighted by molar-refractivity contribution is 0.0231. The van der Waals surface area contributed by atoms with Crippen molar-refractivity contribution in [3.8, 4) is 34.5 Å². The first-order chi connectivity index (χ1) is 14.2. The van der Waals surface area contributed by atoms with Crippen LogP contribution < -0.4 is 23.7 Å². The molecule has 8 nitrogen and oxygen atoms in total. The van der Waals surface area contributed by atoms with Crippen LogP contribution in [0, 0.1) is 0 Å². The van der Waals surface area contributed by atoms with Gasteiger partial charge in [-0.25, -0.2) is 0 Å². The molecule has 0 bridgehead atoms. The van der Waals surface area contributed by atoms with Crippen molar-refractivity contribution in [2.24, 2.45) is 0 Å². The molecule has 0 aromatic heterocycles. The third-order valence-electron chi connectivity index (χ3n) is 5.26. The minimum Gasteiger partial charge on any atom is -0.507 e. The third-order valence-corrected chi connectivity index (χ3v) is 5.26. The minimum absolute atomic E-state index is 0.127. The smallest absolute Gasteiger partial charge is 0.231 e. The Hall–Kier alpha value is -2.84. The van der Waals surface area contributed by atoms with Crippen LogP contribution in [0.1, 0.15) is 17.2 Å². The topological polar surface area (TPSA) is 78.9 Å². The van der Waals surface area contributed by atoms with Gasteiger partial charge in [0, 0.05) is 36.3 Å². The quantitative estimate of drug-likeness (QED) is 0.789.